The van der Waals surface area contributed by atoms with E-state index in [4.69, 9.17) is 0 Å². The molecule has 0 amide bonds. The molecular weight excluding hydrogens is 200 g/mol. The molecule has 0 spiro atoms. The average Bonchev–Trinajstić information content (AvgIpc) is 2.80. The zero-order valence-electron chi connectivity index (χ0n) is 9.57. The molecule has 2 N–H and O–H groups in total. The van der Waals surface area contributed by atoms with E-state index in [0.29, 0.717) is 0 Å². The molecular formula is C12H16N4. The molecule has 0 saturated carbocycles. The van der Waals surface area contributed by atoms with Crippen molar-refractivity contribution in [2.24, 2.45) is 0 Å². The number of nitrogens with zero attached hydrogens (tertiary/aromatic N) is 2. The summed E-state index contributed by atoms with van der Waals surface area (Å²) in [6.07, 6.45) is 1.76. The second-order valence-electron chi connectivity index (χ2n) is 3.88. The smallest absolute Gasteiger partial charge is 0.0567 e. The molecule has 2 aromatic rings. The summed E-state index contributed by atoms with van der Waals surface area (Å²) < 4.78 is 0. The summed E-state index contributed by atoms with van der Waals surface area (Å²) in [6.45, 7) is 0.765. The number of H-pyrrole nitrogens is 1. The Morgan fingerprint density at radius 3 is 2.50 bits per heavy atom. The molecule has 1 heterocycles. The minimum absolute atomic E-state index is 0.765. The van der Waals surface area contributed by atoms with Crippen molar-refractivity contribution in [3.05, 3.63) is 42.2 Å². The minimum Gasteiger partial charge on any atom is -0.379 e. The third-order valence-electron chi connectivity index (χ3n) is 2.43. The molecule has 1 aromatic carbocycles. The highest BCUT2D eigenvalue weighted by Crippen LogP contribution is 2.15. The molecule has 16 heavy (non-hydrogen) atoms. The van der Waals surface area contributed by atoms with Crippen molar-refractivity contribution >= 4 is 11.4 Å². The van der Waals surface area contributed by atoms with Crippen molar-refractivity contribution in [1.29, 1.82) is 0 Å². The Balaban J connectivity index is 1.95. The van der Waals surface area contributed by atoms with Crippen molar-refractivity contribution in [3.63, 3.8) is 0 Å². The van der Waals surface area contributed by atoms with Crippen LogP contribution in [0.4, 0.5) is 11.4 Å². The van der Waals surface area contributed by atoms with Crippen LogP contribution in [0.1, 0.15) is 5.69 Å². The summed E-state index contributed by atoms with van der Waals surface area (Å²) in [6, 6.07) is 10.3. The van der Waals surface area contributed by atoms with Gasteiger partial charge in [-0.15, -0.1) is 0 Å². The molecule has 0 saturated heterocycles. The molecule has 2 rings (SSSR count). The number of nitrogens with one attached hydrogen (secondary N) is 2. The average molecular weight is 216 g/mol. The van der Waals surface area contributed by atoms with Gasteiger partial charge in [-0.1, -0.05) is 0 Å². The molecule has 0 atom stereocenters. The Morgan fingerprint density at radius 2 is 1.94 bits per heavy atom. The van der Waals surface area contributed by atoms with Crippen LogP contribution in [0.5, 0.6) is 0 Å². The minimum atomic E-state index is 0.765. The van der Waals surface area contributed by atoms with E-state index in [1.54, 1.807) is 6.20 Å². The van der Waals surface area contributed by atoms with Crippen LogP contribution < -0.4 is 10.2 Å². The number of anilines is 2. The summed E-state index contributed by atoms with van der Waals surface area (Å²) in [5, 5.41) is 10.1. The van der Waals surface area contributed by atoms with E-state index in [0.717, 1.165) is 17.9 Å². The van der Waals surface area contributed by atoms with Crippen molar-refractivity contribution in [3.8, 4) is 0 Å². The summed E-state index contributed by atoms with van der Waals surface area (Å²) in [5.74, 6) is 0. The lowest BCUT2D eigenvalue weighted by Crippen LogP contribution is -2.08. The van der Waals surface area contributed by atoms with E-state index in [1.807, 2.05) is 20.2 Å². The standard InChI is InChI=1S/C12H16N4/c1-16(2)12-5-3-10(4-6-12)13-9-11-7-8-14-15-11/h3-8,13H,9H2,1-2H3,(H,14,15). The van der Waals surface area contributed by atoms with Crippen molar-refractivity contribution in [2.75, 3.05) is 24.3 Å². The maximum Gasteiger partial charge on any atom is 0.0567 e. The third-order valence-corrected chi connectivity index (χ3v) is 2.43. The van der Waals surface area contributed by atoms with Crippen LogP contribution in [0, 0.1) is 0 Å². The van der Waals surface area contributed by atoms with Gasteiger partial charge in [0.1, 0.15) is 0 Å². The highest BCUT2D eigenvalue weighted by atomic mass is 15.1. The predicted octanol–water partition coefficient (Wildman–Crippen LogP) is 2.09. The van der Waals surface area contributed by atoms with Crippen molar-refractivity contribution in [2.45, 2.75) is 6.54 Å². The van der Waals surface area contributed by atoms with E-state index in [1.165, 1.54) is 5.69 Å². The number of rotatable bonds is 4. The molecule has 4 nitrogen and oxygen atoms in total. The lowest BCUT2D eigenvalue weighted by atomic mass is 10.2. The SMILES string of the molecule is CN(C)c1ccc(NCc2ccn[nH]2)cc1. The van der Waals surface area contributed by atoms with Gasteiger partial charge in [-0.25, -0.2) is 0 Å². The topological polar surface area (TPSA) is 44.0 Å². The maximum atomic E-state index is 3.90. The van der Waals surface area contributed by atoms with E-state index in [9.17, 15) is 0 Å². The van der Waals surface area contributed by atoms with Gasteiger partial charge in [-0.2, -0.15) is 5.10 Å². The molecule has 0 aliphatic rings. The van der Waals surface area contributed by atoms with E-state index in [-0.39, 0.29) is 0 Å². The molecule has 4 heteroatoms. The maximum absolute atomic E-state index is 3.90. The van der Waals surface area contributed by atoms with Gasteiger partial charge < -0.3 is 10.2 Å². The zero-order chi connectivity index (χ0) is 11.4. The monoisotopic (exact) mass is 216 g/mol. The lowest BCUT2D eigenvalue weighted by Gasteiger charge is -2.13. The molecule has 0 radical (unpaired) electrons. The van der Waals surface area contributed by atoms with Gasteiger partial charge in [-0.3, -0.25) is 5.10 Å². The molecule has 1 aromatic heterocycles. The number of aromatic amines is 1. The first-order chi connectivity index (χ1) is 7.75. The van der Waals surface area contributed by atoms with Gasteiger partial charge in [0.2, 0.25) is 0 Å². The highest BCUT2D eigenvalue weighted by molar-refractivity contribution is 5.54. The quantitative estimate of drug-likeness (QED) is 0.822. The lowest BCUT2D eigenvalue weighted by molar-refractivity contribution is 0.981. The van der Waals surface area contributed by atoms with Crippen LogP contribution in [-0.2, 0) is 6.54 Å². The molecule has 0 aliphatic carbocycles. The first-order valence-corrected chi connectivity index (χ1v) is 5.25. The summed E-state index contributed by atoms with van der Waals surface area (Å²) in [5.41, 5.74) is 3.39. The van der Waals surface area contributed by atoms with Crippen LogP contribution in [0.15, 0.2) is 36.5 Å². The van der Waals surface area contributed by atoms with Gasteiger partial charge >= 0.3 is 0 Å². The molecule has 0 fully saturated rings. The van der Waals surface area contributed by atoms with Crippen LogP contribution in [0.3, 0.4) is 0 Å². The Bertz CT molecular complexity index is 417. The van der Waals surface area contributed by atoms with Crippen LogP contribution in [0.25, 0.3) is 0 Å². The Hall–Kier alpha value is -1.97. The van der Waals surface area contributed by atoms with Gasteiger partial charge in [0.25, 0.3) is 0 Å². The normalized spacial score (nSPS) is 10.1. The fourth-order valence-corrected chi connectivity index (χ4v) is 1.46. The van der Waals surface area contributed by atoms with Crippen LogP contribution in [0.2, 0.25) is 0 Å². The Kier molecular flexibility index (Phi) is 3.10. The second-order valence-corrected chi connectivity index (χ2v) is 3.88. The van der Waals surface area contributed by atoms with Gasteiger partial charge in [0.05, 0.1) is 12.2 Å². The van der Waals surface area contributed by atoms with E-state index in [2.05, 4.69) is 44.7 Å². The highest BCUT2D eigenvalue weighted by Gasteiger charge is 1.96. The zero-order valence-corrected chi connectivity index (χ0v) is 9.57. The number of hydrogen-bond acceptors (Lipinski definition) is 3. The number of aromatic nitrogens is 2. The van der Waals surface area contributed by atoms with Gasteiger partial charge in [-0.05, 0) is 30.3 Å². The molecule has 0 unspecified atom stereocenters. The molecule has 84 valence electrons. The fraction of sp³-hybridized carbons (Fsp3) is 0.250. The first kappa shape index (κ1) is 10.5. The summed E-state index contributed by atoms with van der Waals surface area (Å²) in [4.78, 5) is 2.08. The predicted molar refractivity (Wildman–Crippen MR) is 66.7 cm³/mol. The first-order valence-electron chi connectivity index (χ1n) is 5.25. The van der Waals surface area contributed by atoms with E-state index < -0.39 is 0 Å². The second kappa shape index (κ2) is 4.70. The fourth-order valence-electron chi connectivity index (χ4n) is 1.46. The van der Waals surface area contributed by atoms with Crippen LogP contribution >= 0.6 is 0 Å². The third kappa shape index (κ3) is 2.53. The number of benzene rings is 1. The number of hydrogen-bond donors (Lipinski definition) is 2. The largest absolute Gasteiger partial charge is 0.379 e. The van der Waals surface area contributed by atoms with Crippen molar-refractivity contribution in [1.82, 2.24) is 10.2 Å². The summed E-state index contributed by atoms with van der Waals surface area (Å²) in [7, 11) is 4.07. The Labute approximate surface area is 95.3 Å². The summed E-state index contributed by atoms with van der Waals surface area (Å²) >= 11 is 0. The Morgan fingerprint density at radius 1 is 1.19 bits per heavy atom. The molecule has 0 aliphatic heterocycles. The van der Waals surface area contributed by atoms with Gasteiger partial charge in [0, 0.05) is 31.7 Å². The van der Waals surface area contributed by atoms with Crippen LogP contribution in [-0.4, -0.2) is 24.3 Å². The molecule has 0 bridgehead atoms. The van der Waals surface area contributed by atoms with Crippen molar-refractivity contribution < 1.29 is 0 Å². The van der Waals surface area contributed by atoms with E-state index >= 15 is 0 Å². The van der Waals surface area contributed by atoms with Gasteiger partial charge in [0.15, 0.2) is 0 Å².